The molecule has 1 unspecified atom stereocenters. The topological polar surface area (TPSA) is 66.4 Å². The molecule has 0 saturated carbocycles. The molecule has 0 aliphatic heterocycles. The van der Waals surface area contributed by atoms with Gasteiger partial charge in [-0.05, 0) is 24.3 Å². The van der Waals surface area contributed by atoms with E-state index in [1.165, 1.54) is 17.4 Å². The molecule has 2 N–H and O–H groups in total. The van der Waals surface area contributed by atoms with Gasteiger partial charge in [-0.15, -0.1) is 17.9 Å². The largest absolute Gasteiger partial charge is 0.480 e. The number of aliphatic carboxylic acids is 1. The highest BCUT2D eigenvalue weighted by Crippen LogP contribution is 2.26. The summed E-state index contributed by atoms with van der Waals surface area (Å²) in [6.45, 7) is 5.23. The van der Waals surface area contributed by atoms with Crippen LogP contribution in [-0.2, 0) is 4.79 Å². The molecule has 0 saturated heterocycles. The second kappa shape index (κ2) is 5.84. The van der Waals surface area contributed by atoms with E-state index < -0.39 is 17.9 Å². The zero-order chi connectivity index (χ0) is 13.0. The summed E-state index contributed by atoms with van der Waals surface area (Å²) in [7, 11) is 0. The van der Waals surface area contributed by atoms with E-state index in [4.69, 9.17) is 16.7 Å². The van der Waals surface area contributed by atoms with Crippen molar-refractivity contribution in [3.8, 4) is 0 Å². The number of thiophene rings is 1. The zero-order valence-electron chi connectivity index (χ0n) is 9.20. The van der Waals surface area contributed by atoms with E-state index in [0.29, 0.717) is 9.90 Å². The van der Waals surface area contributed by atoms with Crippen molar-refractivity contribution in [1.29, 1.82) is 0 Å². The predicted octanol–water partition coefficient (Wildman–Crippen LogP) is 2.47. The molecule has 4 nitrogen and oxygen atoms in total. The fourth-order valence-corrected chi connectivity index (χ4v) is 2.38. The molecule has 1 heterocycles. The number of hydrogen-bond donors (Lipinski definition) is 2. The SMILES string of the molecule is C=CCC(NC(=O)c1scc(C)c1Cl)C(=O)O. The molecule has 0 spiro atoms. The van der Waals surface area contributed by atoms with Crippen LogP contribution in [0.15, 0.2) is 18.0 Å². The van der Waals surface area contributed by atoms with E-state index in [1.54, 1.807) is 12.3 Å². The smallest absolute Gasteiger partial charge is 0.326 e. The molecule has 1 aromatic heterocycles. The van der Waals surface area contributed by atoms with Crippen LogP contribution in [0.5, 0.6) is 0 Å². The van der Waals surface area contributed by atoms with Crippen molar-refractivity contribution in [1.82, 2.24) is 5.32 Å². The highest BCUT2D eigenvalue weighted by atomic mass is 35.5. The number of carbonyl (C=O) groups excluding carboxylic acids is 1. The van der Waals surface area contributed by atoms with E-state index in [1.807, 2.05) is 0 Å². The lowest BCUT2D eigenvalue weighted by Crippen LogP contribution is -2.40. The van der Waals surface area contributed by atoms with Gasteiger partial charge in [0.1, 0.15) is 10.9 Å². The maximum Gasteiger partial charge on any atom is 0.326 e. The molecule has 0 fully saturated rings. The lowest BCUT2D eigenvalue weighted by Gasteiger charge is -2.11. The van der Waals surface area contributed by atoms with Crippen LogP contribution in [-0.4, -0.2) is 23.0 Å². The normalized spacial score (nSPS) is 11.9. The van der Waals surface area contributed by atoms with Crippen molar-refractivity contribution in [2.24, 2.45) is 0 Å². The molecule has 1 aromatic rings. The summed E-state index contributed by atoms with van der Waals surface area (Å²) in [5, 5.41) is 13.4. The Morgan fingerprint density at radius 1 is 1.71 bits per heavy atom. The zero-order valence-corrected chi connectivity index (χ0v) is 10.8. The average Bonchev–Trinajstić information content (AvgIpc) is 2.59. The minimum Gasteiger partial charge on any atom is -0.480 e. The molecule has 17 heavy (non-hydrogen) atoms. The second-order valence-electron chi connectivity index (χ2n) is 3.45. The molecule has 0 aliphatic rings. The molecule has 0 radical (unpaired) electrons. The van der Waals surface area contributed by atoms with Crippen LogP contribution in [0.25, 0.3) is 0 Å². The van der Waals surface area contributed by atoms with Crippen molar-refractivity contribution >= 4 is 34.8 Å². The quantitative estimate of drug-likeness (QED) is 0.810. The van der Waals surface area contributed by atoms with Gasteiger partial charge in [-0.2, -0.15) is 0 Å². The van der Waals surface area contributed by atoms with Crippen molar-refractivity contribution < 1.29 is 14.7 Å². The van der Waals surface area contributed by atoms with Crippen LogP contribution in [0.2, 0.25) is 5.02 Å². The summed E-state index contributed by atoms with van der Waals surface area (Å²) < 4.78 is 0. The number of carboxylic acids is 1. The standard InChI is InChI=1S/C11H12ClNO3S/c1-3-4-7(11(15)16)13-10(14)9-8(12)6(2)5-17-9/h3,5,7H,1,4H2,2H3,(H,13,14)(H,15,16). The Hall–Kier alpha value is -1.33. The van der Waals surface area contributed by atoms with Crippen LogP contribution < -0.4 is 5.32 Å². The maximum atomic E-state index is 11.8. The molecule has 1 amide bonds. The van der Waals surface area contributed by atoms with Crippen LogP contribution >= 0.6 is 22.9 Å². The lowest BCUT2D eigenvalue weighted by molar-refractivity contribution is -0.139. The number of nitrogens with one attached hydrogen (secondary N) is 1. The monoisotopic (exact) mass is 273 g/mol. The van der Waals surface area contributed by atoms with Gasteiger partial charge in [0.05, 0.1) is 5.02 Å². The Balaban J connectivity index is 2.80. The molecule has 6 heteroatoms. The molecule has 92 valence electrons. The minimum atomic E-state index is -1.09. The van der Waals surface area contributed by atoms with Gasteiger partial charge in [-0.25, -0.2) is 4.79 Å². The molecular weight excluding hydrogens is 262 g/mol. The second-order valence-corrected chi connectivity index (χ2v) is 4.71. The maximum absolute atomic E-state index is 11.8. The van der Waals surface area contributed by atoms with Gasteiger partial charge >= 0.3 is 5.97 Å². The minimum absolute atomic E-state index is 0.170. The molecule has 0 aliphatic carbocycles. The third kappa shape index (κ3) is 3.31. The highest BCUT2D eigenvalue weighted by molar-refractivity contribution is 7.13. The van der Waals surface area contributed by atoms with E-state index in [2.05, 4.69) is 11.9 Å². The Bertz CT molecular complexity index is 456. The Labute approximate surface area is 108 Å². The van der Waals surface area contributed by atoms with E-state index in [-0.39, 0.29) is 6.42 Å². The summed E-state index contributed by atoms with van der Waals surface area (Å²) in [4.78, 5) is 23.0. The predicted molar refractivity (Wildman–Crippen MR) is 67.8 cm³/mol. The van der Waals surface area contributed by atoms with Crippen molar-refractivity contribution in [3.05, 3.63) is 33.5 Å². The van der Waals surface area contributed by atoms with Gasteiger partial charge < -0.3 is 10.4 Å². The third-order valence-electron chi connectivity index (χ3n) is 2.11. The van der Waals surface area contributed by atoms with Crippen molar-refractivity contribution in [3.63, 3.8) is 0 Å². The first kappa shape index (κ1) is 13.7. The molecular formula is C11H12ClNO3S. The first-order chi connectivity index (χ1) is 7.97. The number of aryl methyl sites for hydroxylation is 1. The fourth-order valence-electron chi connectivity index (χ4n) is 1.19. The highest BCUT2D eigenvalue weighted by Gasteiger charge is 2.22. The van der Waals surface area contributed by atoms with Crippen molar-refractivity contribution in [2.45, 2.75) is 19.4 Å². The molecule has 1 rings (SSSR count). The first-order valence-corrected chi connectivity index (χ1v) is 6.11. The van der Waals surface area contributed by atoms with E-state index in [0.717, 1.165) is 5.56 Å². The number of amides is 1. The first-order valence-electron chi connectivity index (χ1n) is 4.85. The van der Waals surface area contributed by atoms with Gasteiger partial charge in [0.15, 0.2) is 0 Å². The number of carboxylic acid groups (broad SMARTS) is 1. The fraction of sp³-hybridized carbons (Fsp3) is 0.273. The summed E-state index contributed by atoms with van der Waals surface area (Å²) in [6.07, 6.45) is 1.61. The number of rotatable bonds is 5. The average molecular weight is 274 g/mol. The molecule has 0 aromatic carbocycles. The van der Waals surface area contributed by atoms with Crippen LogP contribution in [0, 0.1) is 6.92 Å². The van der Waals surface area contributed by atoms with Gasteiger partial charge in [-0.3, -0.25) is 4.79 Å². The summed E-state index contributed by atoms with van der Waals surface area (Å²) >= 11 is 7.12. The van der Waals surface area contributed by atoms with E-state index >= 15 is 0 Å². The molecule has 1 atom stereocenters. The Kier molecular flexibility index (Phi) is 4.72. The summed E-state index contributed by atoms with van der Waals surface area (Å²) in [6, 6.07) is -0.974. The molecule has 0 bridgehead atoms. The third-order valence-corrected chi connectivity index (χ3v) is 3.81. The van der Waals surface area contributed by atoms with Gasteiger partial charge in [-0.1, -0.05) is 17.7 Å². The Morgan fingerprint density at radius 2 is 2.35 bits per heavy atom. The number of hydrogen-bond acceptors (Lipinski definition) is 3. The Morgan fingerprint density at radius 3 is 2.76 bits per heavy atom. The summed E-state index contributed by atoms with van der Waals surface area (Å²) in [5.41, 5.74) is 0.803. The van der Waals surface area contributed by atoms with Gasteiger partial charge in [0, 0.05) is 0 Å². The number of carbonyl (C=O) groups is 2. The van der Waals surface area contributed by atoms with Crippen LogP contribution in [0.4, 0.5) is 0 Å². The van der Waals surface area contributed by atoms with Crippen LogP contribution in [0.1, 0.15) is 21.7 Å². The van der Waals surface area contributed by atoms with Gasteiger partial charge in [0.2, 0.25) is 0 Å². The summed E-state index contributed by atoms with van der Waals surface area (Å²) in [5.74, 6) is -1.56. The van der Waals surface area contributed by atoms with Crippen LogP contribution in [0.3, 0.4) is 0 Å². The van der Waals surface area contributed by atoms with E-state index in [9.17, 15) is 9.59 Å². The van der Waals surface area contributed by atoms with Gasteiger partial charge in [0.25, 0.3) is 5.91 Å². The lowest BCUT2D eigenvalue weighted by atomic mass is 10.2. The van der Waals surface area contributed by atoms with Crippen molar-refractivity contribution in [2.75, 3.05) is 0 Å². The number of halogens is 1.